The SMILES string of the molecule is c1ccc(-c2nc(-c3ccc4ccccc4c3)nc(-c3cccc4c3ccc3c4sc4ccc5nc(-c6ccccc6)sc5c43)n2)cc1. The van der Waals surface area contributed by atoms with Crippen LogP contribution in [0.5, 0.6) is 0 Å². The smallest absolute Gasteiger partial charge is 0.164 e. The Kier molecular flexibility index (Phi) is 6.19. The van der Waals surface area contributed by atoms with E-state index in [1.807, 2.05) is 35.6 Å². The predicted molar refractivity (Wildman–Crippen MR) is 203 cm³/mol. The summed E-state index contributed by atoms with van der Waals surface area (Å²) in [5.74, 6) is 1.98. The maximum absolute atomic E-state index is 5.13. The minimum atomic E-state index is 0.658. The van der Waals surface area contributed by atoms with Crippen molar-refractivity contribution in [3.63, 3.8) is 0 Å². The molecule has 0 spiro atoms. The van der Waals surface area contributed by atoms with E-state index in [0.717, 1.165) is 43.6 Å². The van der Waals surface area contributed by atoms with Gasteiger partial charge in [0.05, 0.1) is 10.2 Å². The van der Waals surface area contributed by atoms with Crippen molar-refractivity contribution in [1.29, 1.82) is 0 Å². The number of aromatic nitrogens is 4. The molecule has 4 nitrogen and oxygen atoms in total. The second-order valence-corrected chi connectivity index (χ2v) is 13.9. The highest BCUT2D eigenvalue weighted by molar-refractivity contribution is 7.28. The zero-order valence-corrected chi connectivity index (χ0v) is 27.1. The quantitative estimate of drug-likeness (QED) is 0.191. The van der Waals surface area contributed by atoms with Crippen molar-refractivity contribution in [1.82, 2.24) is 19.9 Å². The molecular weight excluding hydrogens is 625 g/mol. The molecule has 7 aromatic carbocycles. The molecule has 3 aromatic heterocycles. The summed E-state index contributed by atoms with van der Waals surface area (Å²) in [6, 6.07) is 50.7. The molecule has 0 unspecified atom stereocenters. The van der Waals surface area contributed by atoms with Crippen LogP contribution in [0, 0.1) is 0 Å². The van der Waals surface area contributed by atoms with Gasteiger partial charge < -0.3 is 0 Å². The van der Waals surface area contributed by atoms with E-state index in [4.69, 9.17) is 19.9 Å². The third-order valence-electron chi connectivity index (χ3n) is 8.95. The van der Waals surface area contributed by atoms with E-state index < -0.39 is 0 Å². The Morgan fingerprint density at radius 3 is 1.94 bits per heavy atom. The topological polar surface area (TPSA) is 51.6 Å². The van der Waals surface area contributed by atoms with E-state index in [1.165, 1.54) is 35.6 Å². The van der Waals surface area contributed by atoms with Crippen LogP contribution in [0.4, 0.5) is 0 Å². The van der Waals surface area contributed by atoms with Crippen molar-refractivity contribution in [2.45, 2.75) is 0 Å². The number of rotatable bonds is 4. The molecule has 0 aliphatic heterocycles. The van der Waals surface area contributed by atoms with E-state index in [2.05, 4.69) is 121 Å². The van der Waals surface area contributed by atoms with Gasteiger partial charge in [-0.05, 0) is 34.4 Å². The number of thiophene rings is 1. The molecule has 224 valence electrons. The number of nitrogens with zero attached hydrogens (tertiary/aromatic N) is 4. The van der Waals surface area contributed by atoms with Crippen molar-refractivity contribution >= 4 is 74.6 Å². The highest BCUT2D eigenvalue weighted by Gasteiger charge is 2.18. The molecule has 0 N–H and O–H groups in total. The van der Waals surface area contributed by atoms with E-state index >= 15 is 0 Å². The minimum absolute atomic E-state index is 0.658. The zero-order chi connectivity index (χ0) is 31.6. The maximum Gasteiger partial charge on any atom is 0.164 e. The average molecular weight is 649 g/mol. The Morgan fingerprint density at radius 1 is 0.396 bits per heavy atom. The van der Waals surface area contributed by atoms with Gasteiger partial charge in [-0.1, -0.05) is 127 Å². The van der Waals surface area contributed by atoms with Crippen molar-refractivity contribution in [2.24, 2.45) is 0 Å². The largest absolute Gasteiger partial charge is 0.236 e. The Morgan fingerprint density at radius 2 is 1.10 bits per heavy atom. The molecule has 48 heavy (non-hydrogen) atoms. The average Bonchev–Trinajstić information content (AvgIpc) is 3.77. The summed E-state index contributed by atoms with van der Waals surface area (Å²) in [6.45, 7) is 0. The van der Waals surface area contributed by atoms with Gasteiger partial charge >= 0.3 is 0 Å². The van der Waals surface area contributed by atoms with Gasteiger partial charge in [-0.15, -0.1) is 22.7 Å². The van der Waals surface area contributed by atoms with E-state index in [-0.39, 0.29) is 0 Å². The van der Waals surface area contributed by atoms with Crippen molar-refractivity contribution < 1.29 is 0 Å². The zero-order valence-electron chi connectivity index (χ0n) is 25.5. The van der Waals surface area contributed by atoms with Gasteiger partial charge in [0.2, 0.25) is 0 Å². The summed E-state index contributed by atoms with van der Waals surface area (Å²) in [5, 5.41) is 8.24. The molecule has 6 heteroatoms. The van der Waals surface area contributed by atoms with Gasteiger partial charge in [-0.2, -0.15) is 0 Å². The number of fused-ring (bicyclic) bond motifs is 8. The molecule has 10 rings (SSSR count). The van der Waals surface area contributed by atoms with Crippen molar-refractivity contribution in [2.75, 3.05) is 0 Å². The summed E-state index contributed by atoms with van der Waals surface area (Å²) >= 11 is 3.61. The lowest BCUT2D eigenvalue weighted by atomic mass is 10.0. The van der Waals surface area contributed by atoms with Gasteiger partial charge in [-0.3, -0.25) is 0 Å². The van der Waals surface area contributed by atoms with E-state index in [0.29, 0.717) is 17.5 Å². The van der Waals surface area contributed by atoms with Crippen LogP contribution in [0.1, 0.15) is 0 Å². The summed E-state index contributed by atoms with van der Waals surface area (Å²) < 4.78 is 3.76. The normalized spacial score (nSPS) is 11.8. The molecule has 3 heterocycles. The van der Waals surface area contributed by atoms with Crippen LogP contribution in [-0.4, -0.2) is 19.9 Å². The summed E-state index contributed by atoms with van der Waals surface area (Å²) in [6.07, 6.45) is 0. The van der Waals surface area contributed by atoms with Gasteiger partial charge in [0.25, 0.3) is 0 Å². The first-order chi connectivity index (χ1) is 23.8. The van der Waals surface area contributed by atoms with Crippen molar-refractivity contribution in [3.8, 4) is 44.7 Å². The Labute approximate surface area is 283 Å². The number of hydrogen-bond acceptors (Lipinski definition) is 6. The second-order valence-electron chi connectivity index (χ2n) is 11.9. The fraction of sp³-hybridized carbons (Fsp3) is 0. The first kappa shape index (κ1) is 27.3. The molecule has 0 aliphatic carbocycles. The molecule has 0 radical (unpaired) electrons. The molecule has 0 amide bonds. The molecular formula is C42H24N4S2. The Bertz CT molecular complexity index is 2840. The Hall–Kier alpha value is -5.82. The first-order valence-electron chi connectivity index (χ1n) is 15.8. The summed E-state index contributed by atoms with van der Waals surface area (Å²) in [7, 11) is 0. The van der Waals surface area contributed by atoms with Gasteiger partial charge in [0.1, 0.15) is 5.01 Å². The third-order valence-corrected chi connectivity index (χ3v) is 11.3. The first-order valence-corrected chi connectivity index (χ1v) is 17.4. The number of hydrogen-bond donors (Lipinski definition) is 0. The lowest BCUT2D eigenvalue weighted by molar-refractivity contribution is 1.08. The lowest BCUT2D eigenvalue weighted by Crippen LogP contribution is -2.00. The predicted octanol–water partition coefficient (Wildman–Crippen LogP) is 11.8. The second kappa shape index (κ2) is 10.9. The van der Waals surface area contributed by atoms with E-state index in [1.54, 1.807) is 11.3 Å². The molecule has 0 saturated carbocycles. The maximum atomic E-state index is 5.13. The highest BCUT2D eigenvalue weighted by atomic mass is 32.1. The fourth-order valence-electron chi connectivity index (χ4n) is 6.63. The highest BCUT2D eigenvalue weighted by Crippen LogP contribution is 2.45. The standard InChI is InChI=1S/C42H24N4S2/c1-3-11-26(12-4-1)39-44-40(29-19-18-25-10-7-8-15-28(25)24-29)46-41(45-39)32-17-9-16-31-30(32)20-21-33-36-35(47-37(31)33)23-22-34-38(36)48-42(43-34)27-13-5-2-6-14-27/h1-24H. The molecule has 0 aliphatic rings. The van der Waals surface area contributed by atoms with Crippen LogP contribution in [0.15, 0.2) is 146 Å². The molecule has 0 fully saturated rings. The molecule has 0 bridgehead atoms. The van der Waals surface area contributed by atoms with Crippen LogP contribution >= 0.6 is 22.7 Å². The summed E-state index contributed by atoms with van der Waals surface area (Å²) in [5.41, 5.74) is 5.10. The summed E-state index contributed by atoms with van der Waals surface area (Å²) in [4.78, 5) is 20.2. The van der Waals surface area contributed by atoms with Crippen LogP contribution in [-0.2, 0) is 0 Å². The van der Waals surface area contributed by atoms with Crippen LogP contribution in [0.25, 0.3) is 96.7 Å². The van der Waals surface area contributed by atoms with Crippen LogP contribution < -0.4 is 0 Å². The lowest BCUT2D eigenvalue weighted by Gasteiger charge is -2.11. The van der Waals surface area contributed by atoms with Crippen molar-refractivity contribution in [3.05, 3.63) is 146 Å². The van der Waals surface area contributed by atoms with Crippen LogP contribution in [0.2, 0.25) is 0 Å². The fourth-order valence-corrected chi connectivity index (χ4v) is 9.06. The molecule has 10 aromatic rings. The van der Waals surface area contributed by atoms with Crippen LogP contribution in [0.3, 0.4) is 0 Å². The van der Waals surface area contributed by atoms with Gasteiger partial charge in [0.15, 0.2) is 17.5 Å². The van der Waals surface area contributed by atoms with Gasteiger partial charge in [-0.25, -0.2) is 19.9 Å². The number of benzene rings is 7. The van der Waals surface area contributed by atoms with Gasteiger partial charge in [0, 0.05) is 47.8 Å². The number of thiazole rings is 1. The minimum Gasteiger partial charge on any atom is -0.236 e. The third kappa shape index (κ3) is 4.42. The molecule has 0 atom stereocenters. The Balaban J connectivity index is 1.18. The monoisotopic (exact) mass is 648 g/mol. The molecule has 0 saturated heterocycles. The van der Waals surface area contributed by atoms with E-state index in [9.17, 15) is 0 Å².